The Hall–Kier alpha value is -1.49. The van der Waals surface area contributed by atoms with Crippen LogP contribution in [-0.2, 0) is 11.3 Å². The summed E-state index contributed by atoms with van der Waals surface area (Å²) < 4.78 is 26.5. The van der Waals surface area contributed by atoms with Crippen molar-refractivity contribution in [3.63, 3.8) is 0 Å². The normalized spacial score (nSPS) is 23.6. The highest BCUT2D eigenvalue weighted by Crippen LogP contribution is 2.58. The summed E-state index contributed by atoms with van der Waals surface area (Å²) in [5, 5.41) is 6.02. The second-order valence-corrected chi connectivity index (χ2v) is 5.82. The van der Waals surface area contributed by atoms with Crippen LogP contribution in [-0.4, -0.2) is 19.0 Å². The second-order valence-electron chi connectivity index (χ2n) is 5.82. The molecule has 1 atom stereocenters. The summed E-state index contributed by atoms with van der Waals surface area (Å²) in [5.74, 6) is -0.965. The molecule has 0 radical (unpaired) electrons. The molecule has 0 bridgehead atoms. The number of amides is 1. The van der Waals surface area contributed by atoms with E-state index in [-0.39, 0.29) is 29.3 Å². The van der Waals surface area contributed by atoms with Crippen LogP contribution in [0.5, 0.6) is 0 Å². The number of hydrogen-bond acceptors (Lipinski definition) is 2. The molecule has 1 aromatic carbocycles. The van der Waals surface area contributed by atoms with Crippen LogP contribution in [0.25, 0.3) is 0 Å². The Morgan fingerprint density at radius 2 is 2.10 bits per heavy atom. The lowest BCUT2D eigenvalue weighted by Gasteiger charge is -2.23. The molecule has 2 aliphatic rings. The Kier molecular flexibility index (Phi) is 3.46. The molecule has 1 aliphatic carbocycles. The fourth-order valence-electron chi connectivity index (χ4n) is 3.18. The van der Waals surface area contributed by atoms with Crippen molar-refractivity contribution < 1.29 is 13.6 Å². The average Bonchev–Trinajstić information content (AvgIpc) is 3.14. The number of piperidine rings is 1. The predicted molar refractivity (Wildman–Crippen MR) is 70.8 cm³/mol. The van der Waals surface area contributed by atoms with Gasteiger partial charge in [0, 0.05) is 18.0 Å². The Morgan fingerprint density at radius 3 is 2.85 bits per heavy atom. The van der Waals surface area contributed by atoms with E-state index in [2.05, 4.69) is 10.6 Å². The molecule has 1 aliphatic heterocycles. The van der Waals surface area contributed by atoms with Crippen LogP contribution in [0, 0.1) is 23.0 Å². The maximum absolute atomic E-state index is 13.5. The number of rotatable bonds is 3. The molecule has 3 nitrogen and oxygen atoms in total. The van der Waals surface area contributed by atoms with Crippen molar-refractivity contribution >= 4 is 5.91 Å². The molecule has 1 spiro atoms. The van der Waals surface area contributed by atoms with Gasteiger partial charge in [-0.05, 0) is 56.0 Å². The first-order chi connectivity index (χ1) is 9.61. The first-order valence-electron chi connectivity index (χ1n) is 7.03. The number of carbonyl (C=O) groups is 1. The Labute approximate surface area is 116 Å². The van der Waals surface area contributed by atoms with Gasteiger partial charge in [-0.25, -0.2) is 8.78 Å². The summed E-state index contributed by atoms with van der Waals surface area (Å²) in [6.45, 7) is 1.97. The molecule has 1 saturated carbocycles. The molecule has 1 heterocycles. The zero-order valence-electron chi connectivity index (χ0n) is 11.2. The van der Waals surface area contributed by atoms with Crippen LogP contribution in [0.3, 0.4) is 0 Å². The van der Waals surface area contributed by atoms with Crippen LogP contribution in [0.1, 0.15) is 24.8 Å². The predicted octanol–water partition coefficient (Wildman–Crippen LogP) is 1.97. The van der Waals surface area contributed by atoms with Crippen LogP contribution in [0.2, 0.25) is 0 Å². The van der Waals surface area contributed by atoms with Gasteiger partial charge < -0.3 is 10.6 Å². The summed E-state index contributed by atoms with van der Waals surface area (Å²) in [5.41, 5.74) is 0.355. The number of nitrogens with one attached hydrogen (secondary N) is 2. The molecular formula is C15H18F2N2O. The van der Waals surface area contributed by atoms with Gasteiger partial charge in [-0.15, -0.1) is 0 Å². The largest absolute Gasteiger partial charge is 0.352 e. The Morgan fingerprint density at radius 1 is 1.35 bits per heavy atom. The quantitative estimate of drug-likeness (QED) is 0.889. The molecule has 1 amide bonds. The SMILES string of the molecule is O=C(NCc1cc(F)ccc1F)C1CC12CCNCC2. The minimum atomic E-state index is -0.489. The van der Waals surface area contributed by atoms with Gasteiger partial charge >= 0.3 is 0 Å². The van der Waals surface area contributed by atoms with E-state index in [0.717, 1.165) is 50.6 Å². The third kappa shape index (κ3) is 2.54. The standard InChI is InChI=1S/C15H18F2N2O/c16-11-1-2-13(17)10(7-11)9-19-14(20)12-8-15(12)3-5-18-6-4-15/h1-2,7,12,18H,3-6,8-9H2,(H,19,20). The number of halogens is 2. The smallest absolute Gasteiger partial charge is 0.223 e. The van der Waals surface area contributed by atoms with Gasteiger partial charge in [0.05, 0.1) is 0 Å². The van der Waals surface area contributed by atoms with Gasteiger partial charge in [0.15, 0.2) is 0 Å². The van der Waals surface area contributed by atoms with Gasteiger partial charge in [-0.1, -0.05) is 0 Å². The lowest BCUT2D eigenvalue weighted by atomic mass is 9.92. The zero-order chi connectivity index (χ0) is 14.2. The molecule has 2 N–H and O–H groups in total. The van der Waals surface area contributed by atoms with Crippen molar-refractivity contribution in [1.29, 1.82) is 0 Å². The number of carbonyl (C=O) groups excluding carboxylic acids is 1. The van der Waals surface area contributed by atoms with Crippen LogP contribution >= 0.6 is 0 Å². The van der Waals surface area contributed by atoms with E-state index in [1.54, 1.807) is 0 Å². The summed E-state index contributed by atoms with van der Waals surface area (Å²) >= 11 is 0. The second kappa shape index (κ2) is 5.13. The third-order valence-electron chi connectivity index (χ3n) is 4.57. The van der Waals surface area contributed by atoms with Crippen LogP contribution in [0.15, 0.2) is 18.2 Å². The molecule has 1 aromatic rings. The lowest BCUT2D eigenvalue weighted by molar-refractivity contribution is -0.123. The van der Waals surface area contributed by atoms with E-state index in [9.17, 15) is 13.6 Å². The highest BCUT2D eigenvalue weighted by atomic mass is 19.1. The Bertz CT molecular complexity index is 527. The van der Waals surface area contributed by atoms with E-state index in [0.29, 0.717) is 0 Å². The van der Waals surface area contributed by atoms with Crippen LogP contribution < -0.4 is 10.6 Å². The molecule has 3 rings (SSSR count). The summed E-state index contributed by atoms with van der Waals surface area (Å²) in [6.07, 6.45) is 2.98. The van der Waals surface area contributed by atoms with Crippen molar-refractivity contribution in [3.05, 3.63) is 35.4 Å². The summed E-state index contributed by atoms with van der Waals surface area (Å²) in [6, 6.07) is 3.29. The maximum atomic E-state index is 13.5. The van der Waals surface area contributed by atoms with E-state index in [1.165, 1.54) is 0 Å². The fourth-order valence-corrected chi connectivity index (χ4v) is 3.18. The van der Waals surface area contributed by atoms with Crippen molar-refractivity contribution in [1.82, 2.24) is 10.6 Å². The first-order valence-corrected chi connectivity index (χ1v) is 7.03. The summed E-state index contributed by atoms with van der Waals surface area (Å²) in [4.78, 5) is 12.1. The highest BCUT2D eigenvalue weighted by Gasteiger charge is 2.57. The molecule has 1 unspecified atom stereocenters. The van der Waals surface area contributed by atoms with Crippen LogP contribution in [0.4, 0.5) is 8.78 Å². The topological polar surface area (TPSA) is 41.1 Å². The van der Waals surface area contributed by atoms with E-state index in [4.69, 9.17) is 0 Å². The van der Waals surface area contributed by atoms with E-state index in [1.807, 2.05) is 0 Å². The Balaban J connectivity index is 1.57. The maximum Gasteiger partial charge on any atom is 0.223 e. The van der Waals surface area contributed by atoms with Gasteiger partial charge in [-0.2, -0.15) is 0 Å². The number of benzene rings is 1. The van der Waals surface area contributed by atoms with Crippen molar-refractivity contribution in [2.75, 3.05) is 13.1 Å². The fraction of sp³-hybridized carbons (Fsp3) is 0.533. The highest BCUT2D eigenvalue weighted by molar-refractivity contribution is 5.82. The van der Waals surface area contributed by atoms with E-state index >= 15 is 0 Å². The molecule has 1 saturated heterocycles. The number of hydrogen-bond donors (Lipinski definition) is 2. The van der Waals surface area contributed by atoms with Gasteiger partial charge in [0.2, 0.25) is 5.91 Å². The van der Waals surface area contributed by atoms with Gasteiger partial charge in [0.25, 0.3) is 0 Å². The molecular weight excluding hydrogens is 262 g/mol. The molecule has 108 valence electrons. The molecule has 20 heavy (non-hydrogen) atoms. The molecule has 0 aromatic heterocycles. The van der Waals surface area contributed by atoms with Crippen molar-refractivity contribution in [2.24, 2.45) is 11.3 Å². The van der Waals surface area contributed by atoms with Gasteiger partial charge in [0.1, 0.15) is 11.6 Å². The third-order valence-corrected chi connectivity index (χ3v) is 4.57. The van der Waals surface area contributed by atoms with Gasteiger partial charge in [-0.3, -0.25) is 4.79 Å². The van der Waals surface area contributed by atoms with Crippen molar-refractivity contribution in [3.8, 4) is 0 Å². The lowest BCUT2D eigenvalue weighted by Crippen LogP contribution is -2.33. The summed E-state index contributed by atoms with van der Waals surface area (Å²) in [7, 11) is 0. The minimum Gasteiger partial charge on any atom is -0.352 e. The van der Waals surface area contributed by atoms with Crippen molar-refractivity contribution in [2.45, 2.75) is 25.8 Å². The zero-order valence-corrected chi connectivity index (χ0v) is 11.2. The first kappa shape index (κ1) is 13.5. The minimum absolute atomic E-state index is 0.0319. The monoisotopic (exact) mass is 280 g/mol. The van der Waals surface area contributed by atoms with E-state index < -0.39 is 11.6 Å². The molecule has 2 fully saturated rings. The average molecular weight is 280 g/mol. The molecule has 5 heteroatoms.